The predicted molar refractivity (Wildman–Crippen MR) is 207 cm³/mol. The molecule has 51 heavy (non-hydrogen) atoms. The first-order valence-electron chi connectivity index (χ1n) is 17.8. The number of allylic oxidation sites excluding steroid dienone is 1. The van der Waals surface area contributed by atoms with E-state index in [1.54, 1.807) is 0 Å². The molecule has 0 saturated carbocycles. The zero-order valence-electron chi connectivity index (χ0n) is 28.3. The molecule has 2 aliphatic rings. The lowest BCUT2D eigenvalue weighted by Gasteiger charge is -2.37. The summed E-state index contributed by atoms with van der Waals surface area (Å²) in [4.78, 5) is 10.6. The van der Waals surface area contributed by atoms with Gasteiger partial charge in [-0.2, -0.15) is 0 Å². The second-order valence-electron chi connectivity index (χ2n) is 14.3. The third kappa shape index (κ3) is 3.92. The number of para-hydroxylation sites is 3. The first kappa shape index (κ1) is 28.6. The zero-order chi connectivity index (χ0) is 33.8. The number of fused-ring (bicyclic) bond motifs is 11. The van der Waals surface area contributed by atoms with Gasteiger partial charge in [0.05, 0.1) is 22.2 Å². The summed E-state index contributed by atoms with van der Waals surface area (Å²) in [5.41, 5.74) is 9.95. The van der Waals surface area contributed by atoms with E-state index < -0.39 is 0 Å². The second-order valence-corrected chi connectivity index (χ2v) is 14.3. The Kier molecular flexibility index (Phi) is 5.84. The minimum absolute atomic E-state index is 0.0352. The van der Waals surface area contributed by atoms with Crippen molar-refractivity contribution in [2.45, 2.75) is 31.8 Å². The molecule has 0 fully saturated rings. The maximum Gasteiger partial charge on any atom is 0.235 e. The Morgan fingerprint density at radius 2 is 1.51 bits per heavy atom. The van der Waals surface area contributed by atoms with Crippen LogP contribution in [0.2, 0.25) is 0 Å². The van der Waals surface area contributed by atoms with Gasteiger partial charge < -0.3 is 9.15 Å². The molecule has 4 heterocycles. The van der Waals surface area contributed by atoms with E-state index in [0.29, 0.717) is 11.9 Å². The number of furan rings is 1. The van der Waals surface area contributed by atoms with Gasteiger partial charge in [0.2, 0.25) is 5.95 Å². The molecule has 11 rings (SSSR count). The Morgan fingerprint density at radius 3 is 2.41 bits per heavy atom. The molecule has 0 radical (unpaired) electrons. The topological polar surface area (TPSA) is 53.1 Å². The summed E-state index contributed by atoms with van der Waals surface area (Å²) in [5.74, 6) is 1.98. The molecule has 0 saturated heterocycles. The Hall–Kier alpha value is -6.20. The van der Waals surface area contributed by atoms with E-state index in [-0.39, 0.29) is 11.5 Å². The van der Waals surface area contributed by atoms with Crippen LogP contribution in [0, 0.1) is 5.92 Å². The number of hydrogen-bond donors (Lipinski definition) is 0. The molecule has 0 N–H and O–H groups in total. The van der Waals surface area contributed by atoms with E-state index in [0.717, 1.165) is 89.2 Å². The fourth-order valence-electron chi connectivity index (χ4n) is 8.79. The lowest BCUT2D eigenvalue weighted by atomic mass is 9.66. The number of nitrogens with zero attached hydrogens (tertiary/aromatic N) is 3. The molecule has 1 aliphatic carbocycles. The van der Waals surface area contributed by atoms with Crippen molar-refractivity contribution in [2.24, 2.45) is 5.92 Å². The zero-order valence-corrected chi connectivity index (χ0v) is 28.3. The average molecular weight is 660 g/mol. The molecule has 0 amide bonds. The van der Waals surface area contributed by atoms with Crippen LogP contribution in [0.25, 0.3) is 83.0 Å². The number of rotatable bonds is 3. The van der Waals surface area contributed by atoms with Gasteiger partial charge in [-0.15, -0.1) is 0 Å². The summed E-state index contributed by atoms with van der Waals surface area (Å²) in [5, 5.41) is 5.49. The normalized spacial score (nSPS) is 19.6. The van der Waals surface area contributed by atoms with Crippen LogP contribution in [0.1, 0.15) is 25.8 Å². The van der Waals surface area contributed by atoms with Gasteiger partial charge in [-0.25, -0.2) is 9.97 Å². The quantitative estimate of drug-likeness (QED) is 0.177. The van der Waals surface area contributed by atoms with Crippen molar-refractivity contribution in [1.82, 2.24) is 14.5 Å². The highest BCUT2D eigenvalue weighted by atomic mass is 16.5. The summed E-state index contributed by atoms with van der Waals surface area (Å²) >= 11 is 0. The average Bonchev–Trinajstić information content (AvgIpc) is 3.82. The van der Waals surface area contributed by atoms with Crippen LogP contribution in [0.15, 0.2) is 144 Å². The molecule has 0 bridgehead atoms. The first-order chi connectivity index (χ1) is 25.1. The van der Waals surface area contributed by atoms with Gasteiger partial charge in [-0.1, -0.05) is 123 Å². The van der Waals surface area contributed by atoms with Gasteiger partial charge in [0.1, 0.15) is 23.0 Å². The third-order valence-electron chi connectivity index (χ3n) is 11.7. The molecule has 6 aromatic carbocycles. The fourth-order valence-corrected chi connectivity index (χ4v) is 8.79. The van der Waals surface area contributed by atoms with Crippen molar-refractivity contribution in [3.05, 3.63) is 145 Å². The molecule has 0 spiro atoms. The molecule has 9 aromatic rings. The molecule has 244 valence electrons. The smallest absolute Gasteiger partial charge is 0.235 e. The van der Waals surface area contributed by atoms with Crippen molar-refractivity contribution in [1.29, 1.82) is 0 Å². The lowest BCUT2D eigenvalue weighted by Crippen LogP contribution is -2.41. The summed E-state index contributed by atoms with van der Waals surface area (Å²) in [6.07, 6.45) is 5.53. The van der Waals surface area contributed by atoms with E-state index >= 15 is 0 Å². The van der Waals surface area contributed by atoms with Gasteiger partial charge in [0.25, 0.3) is 0 Å². The van der Waals surface area contributed by atoms with Crippen molar-refractivity contribution in [3.8, 4) is 34.1 Å². The van der Waals surface area contributed by atoms with Crippen LogP contribution >= 0.6 is 0 Å². The van der Waals surface area contributed by atoms with Crippen LogP contribution < -0.4 is 4.74 Å². The molecule has 3 unspecified atom stereocenters. The summed E-state index contributed by atoms with van der Waals surface area (Å²) in [6.45, 7) is 4.71. The van der Waals surface area contributed by atoms with E-state index in [4.69, 9.17) is 19.1 Å². The van der Waals surface area contributed by atoms with Crippen LogP contribution in [0.4, 0.5) is 0 Å². The Bertz CT molecular complexity index is 2920. The Balaban J connectivity index is 1.23. The molecule has 3 atom stereocenters. The summed E-state index contributed by atoms with van der Waals surface area (Å²) in [7, 11) is 0. The Morgan fingerprint density at radius 1 is 0.706 bits per heavy atom. The SMILES string of the molecule is CC1CC=CC2Oc3c(ccc4c5cc(-c6cccc7c6oc6ccccc67)ccc5n(-c5nc(-c6ccccc6)c6ccccc6n5)c34)C12C. The van der Waals surface area contributed by atoms with Crippen LogP contribution in [-0.2, 0) is 5.41 Å². The van der Waals surface area contributed by atoms with Gasteiger partial charge in [-0.3, -0.25) is 4.57 Å². The van der Waals surface area contributed by atoms with Gasteiger partial charge >= 0.3 is 0 Å². The number of ether oxygens (including phenoxy) is 1. The molecular weight excluding hydrogens is 627 g/mol. The Labute approximate surface area is 294 Å². The first-order valence-corrected chi connectivity index (χ1v) is 17.8. The van der Waals surface area contributed by atoms with Gasteiger partial charge in [0, 0.05) is 49.0 Å². The van der Waals surface area contributed by atoms with E-state index in [1.165, 1.54) is 5.56 Å². The van der Waals surface area contributed by atoms with E-state index in [2.05, 4.69) is 134 Å². The van der Waals surface area contributed by atoms with Crippen molar-refractivity contribution < 1.29 is 9.15 Å². The van der Waals surface area contributed by atoms with Crippen molar-refractivity contribution in [3.63, 3.8) is 0 Å². The van der Waals surface area contributed by atoms with Crippen molar-refractivity contribution >= 4 is 54.6 Å². The molecule has 1 aliphatic heterocycles. The molecule has 3 aromatic heterocycles. The maximum absolute atomic E-state index is 7.02. The van der Waals surface area contributed by atoms with Crippen LogP contribution in [0.5, 0.6) is 5.75 Å². The minimum atomic E-state index is -0.138. The third-order valence-corrected chi connectivity index (χ3v) is 11.7. The maximum atomic E-state index is 7.02. The monoisotopic (exact) mass is 659 g/mol. The van der Waals surface area contributed by atoms with Crippen LogP contribution in [0.3, 0.4) is 0 Å². The molecular formula is C46H33N3O2. The summed E-state index contributed by atoms with van der Waals surface area (Å²) < 4.78 is 15.8. The minimum Gasteiger partial charge on any atom is -0.483 e. The molecule has 5 heteroatoms. The van der Waals surface area contributed by atoms with E-state index in [1.807, 2.05) is 24.3 Å². The summed E-state index contributed by atoms with van der Waals surface area (Å²) in [6, 6.07) is 44.7. The number of aromatic nitrogens is 3. The lowest BCUT2D eigenvalue weighted by molar-refractivity contribution is 0.149. The van der Waals surface area contributed by atoms with Gasteiger partial charge in [0.15, 0.2) is 0 Å². The van der Waals surface area contributed by atoms with Gasteiger partial charge in [-0.05, 0) is 48.2 Å². The van der Waals surface area contributed by atoms with Crippen LogP contribution in [-0.4, -0.2) is 20.6 Å². The van der Waals surface area contributed by atoms with E-state index in [9.17, 15) is 0 Å². The largest absolute Gasteiger partial charge is 0.483 e. The standard InChI is InChI=1S/C46H33N3O2/c1-27-12-10-21-40-46(27,2)36-24-23-32-35-26-29(30-17-11-18-33-31-15-7-9-20-39(31)50-43(30)33)22-25-38(35)49(42(32)44(36)51-40)45-47-37-19-8-6-16-34(37)41(48-45)28-13-4-3-5-14-28/h3-11,13-27,40H,12H2,1-2H3. The second kappa shape index (κ2) is 10.4. The fraction of sp³-hybridized carbons (Fsp3) is 0.130. The predicted octanol–water partition coefficient (Wildman–Crippen LogP) is 11.6. The highest BCUT2D eigenvalue weighted by Crippen LogP contribution is 2.54. The highest BCUT2D eigenvalue weighted by Gasteiger charge is 2.50. The van der Waals surface area contributed by atoms with Crippen molar-refractivity contribution in [2.75, 3.05) is 0 Å². The molecule has 5 nitrogen and oxygen atoms in total. The number of benzene rings is 6. The highest BCUT2D eigenvalue weighted by molar-refractivity contribution is 6.14. The number of hydrogen-bond acceptors (Lipinski definition) is 4.